The molecule has 2 aromatic carbocycles. The average molecular weight is 374 g/mol. The number of halogens is 2. The second kappa shape index (κ2) is 8.15. The molecule has 1 amide bonds. The fraction of sp³-hybridized carbons (Fsp3) is 0.200. The number of fused-ring (bicyclic) bond motifs is 1. The normalized spacial score (nSPS) is 10.8. The van der Waals surface area contributed by atoms with Gasteiger partial charge in [-0.1, -0.05) is 24.3 Å². The molecule has 4 nitrogen and oxygen atoms in total. The van der Waals surface area contributed by atoms with Crippen LogP contribution in [0.5, 0.6) is 0 Å². The molecule has 134 valence electrons. The molecule has 3 rings (SSSR count). The molecule has 3 aromatic rings. The highest BCUT2D eigenvalue weighted by atomic mass is 35.5. The van der Waals surface area contributed by atoms with Gasteiger partial charge < -0.3 is 9.32 Å². The lowest BCUT2D eigenvalue weighted by molar-refractivity contribution is -0.132. The Bertz CT molecular complexity index is 969. The summed E-state index contributed by atoms with van der Waals surface area (Å²) in [5.74, 6) is -0.343. The summed E-state index contributed by atoms with van der Waals surface area (Å²) in [5.41, 5.74) is 1.47. The molecule has 0 N–H and O–H groups in total. The summed E-state index contributed by atoms with van der Waals surface area (Å²) < 4.78 is 18.6. The lowest BCUT2D eigenvalue weighted by Gasteiger charge is -2.22. The smallest absolute Gasteiger partial charge is 0.224 e. The van der Waals surface area contributed by atoms with Gasteiger partial charge in [-0.25, -0.2) is 4.39 Å². The first kappa shape index (κ1) is 18.1. The lowest BCUT2D eigenvalue weighted by Crippen LogP contribution is -2.32. The topological polar surface area (TPSA) is 50.5 Å². The third-order valence-electron chi connectivity index (χ3n) is 4.06. The van der Waals surface area contributed by atoms with Crippen LogP contribution in [0.3, 0.4) is 0 Å². The molecule has 1 heterocycles. The van der Waals surface area contributed by atoms with Crippen LogP contribution in [0.2, 0.25) is 0 Å². The third-order valence-corrected chi connectivity index (χ3v) is 4.25. The van der Waals surface area contributed by atoms with Crippen molar-refractivity contribution in [2.75, 3.05) is 5.88 Å². The van der Waals surface area contributed by atoms with E-state index >= 15 is 0 Å². The summed E-state index contributed by atoms with van der Waals surface area (Å²) in [6.45, 7) is 0.350. The molecule has 0 radical (unpaired) electrons. The molecule has 1 aromatic heterocycles. The molecule has 0 atom stereocenters. The number of carbonyl (C=O) groups is 1. The first-order valence-electron chi connectivity index (χ1n) is 8.16. The van der Waals surface area contributed by atoms with Crippen molar-refractivity contribution in [2.45, 2.75) is 19.5 Å². The number of carbonyl (C=O) groups excluding carboxylic acids is 1. The van der Waals surface area contributed by atoms with Gasteiger partial charge in [0, 0.05) is 18.8 Å². The lowest BCUT2D eigenvalue weighted by atomic mass is 10.1. The summed E-state index contributed by atoms with van der Waals surface area (Å²) in [4.78, 5) is 26.6. The number of nitrogens with zero attached hydrogens (tertiary/aromatic N) is 1. The average Bonchev–Trinajstić information content (AvgIpc) is 2.65. The van der Waals surface area contributed by atoms with E-state index in [1.54, 1.807) is 36.4 Å². The van der Waals surface area contributed by atoms with Crippen LogP contribution in [-0.2, 0) is 17.9 Å². The first-order valence-corrected chi connectivity index (χ1v) is 8.69. The van der Waals surface area contributed by atoms with Gasteiger partial charge in [-0.05, 0) is 29.8 Å². The molecular formula is C20H17ClFNO3. The monoisotopic (exact) mass is 373 g/mol. The van der Waals surface area contributed by atoms with Gasteiger partial charge in [0.2, 0.25) is 5.91 Å². The quantitative estimate of drug-likeness (QED) is 0.611. The summed E-state index contributed by atoms with van der Waals surface area (Å²) in [6.07, 6.45) is 1.54. The fourth-order valence-corrected chi connectivity index (χ4v) is 2.88. The van der Waals surface area contributed by atoms with E-state index in [0.717, 1.165) is 5.56 Å². The van der Waals surface area contributed by atoms with E-state index in [9.17, 15) is 14.0 Å². The molecule has 0 bridgehead atoms. The molecular weight excluding hydrogens is 357 g/mol. The maximum absolute atomic E-state index is 13.1. The standard InChI is InChI=1S/C20H17ClFNO3/c21-10-9-19(24)23(11-14-5-7-16(22)8-6-14)12-15-13-26-18-4-2-1-3-17(18)20(15)25/h1-8,13H,9-12H2. The van der Waals surface area contributed by atoms with Gasteiger partial charge in [0.25, 0.3) is 0 Å². The predicted octanol–water partition coefficient (Wildman–Crippen LogP) is 4.09. The van der Waals surface area contributed by atoms with Crippen molar-refractivity contribution >= 4 is 28.5 Å². The number of rotatable bonds is 6. The van der Waals surface area contributed by atoms with Crippen molar-refractivity contribution in [3.63, 3.8) is 0 Å². The Kier molecular flexibility index (Phi) is 5.68. The van der Waals surface area contributed by atoms with Crippen LogP contribution in [0.4, 0.5) is 4.39 Å². The van der Waals surface area contributed by atoms with Crippen molar-refractivity contribution in [1.82, 2.24) is 4.90 Å². The minimum atomic E-state index is -0.345. The second-order valence-corrected chi connectivity index (χ2v) is 6.28. The number of benzene rings is 2. The minimum Gasteiger partial charge on any atom is -0.464 e. The van der Waals surface area contributed by atoms with Gasteiger partial charge in [-0.2, -0.15) is 0 Å². The Morgan fingerprint density at radius 3 is 2.54 bits per heavy atom. The molecule has 0 aliphatic heterocycles. The van der Waals surface area contributed by atoms with Gasteiger partial charge >= 0.3 is 0 Å². The molecule has 6 heteroatoms. The van der Waals surface area contributed by atoms with Crippen LogP contribution in [0.25, 0.3) is 11.0 Å². The first-order chi connectivity index (χ1) is 12.6. The Hall–Kier alpha value is -2.66. The van der Waals surface area contributed by atoms with Crippen LogP contribution >= 0.6 is 11.6 Å². The highest BCUT2D eigenvalue weighted by Gasteiger charge is 2.17. The molecule has 0 spiro atoms. The molecule has 0 fully saturated rings. The van der Waals surface area contributed by atoms with E-state index in [4.69, 9.17) is 16.0 Å². The minimum absolute atomic E-state index is 0.0975. The van der Waals surface area contributed by atoms with Crippen molar-refractivity contribution in [1.29, 1.82) is 0 Å². The summed E-state index contributed by atoms with van der Waals surface area (Å²) in [5, 5.41) is 0.469. The van der Waals surface area contributed by atoms with Crippen molar-refractivity contribution in [3.05, 3.63) is 82.0 Å². The molecule has 0 aliphatic carbocycles. The molecule has 0 saturated carbocycles. The Morgan fingerprint density at radius 1 is 1.08 bits per heavy atom. The molecule has 0 saturated heterocycles. The predicted molar refractivity (Wildman–Crippen MR) is 98.5 cm³/mol. The Balaban J connectivity index is 1.90. The highest BCUT2D eigenvalue weighted by Crippen LogP contribution is 2.15. The van der Waals surface area contributed by atoms with Gasteiger partial charge in [0.15, 0.2) is 5.43 Å². The van der Waals surface area contributed by atoms with E-state index in [1.807, 2.05) is 0 Å². The third kappa shape index (κ3) is 4.11. The zero-order chi connectivity index (χ0) is 18.5. The van der Waals surface area contributed by atoms with Gasteiger partial charge in [0.1, 0.15) is 11.4 Å². The van der Waals surface area contributed by atoms with E-state index in [2.05, 4.69) is 0 Å². The van der Waals surface area contributed by atoms with Gasteiger partial charge in [-0.3, -0.25) is 9.59 Å². The van der Waals surface area contributed by atoms with Crippen LogP contribution in [0.15, 0.2) is 64.0 Å². The fourth-order valence-electron chi connectivity index (χ4n) is 2.71. The number of hydrogen-bond donors (Lipinski definition) is 0. The van der Waals surface area contributed by atoms with Crippen molar-refractivity contribution < 1.29 is 13.6 Å². The Labute approximate surface area is 154 Å². The summed E-state index contributed by atoms with van der Waals surface area (Å²) in [6, 6.07) is 12.9. The van der Waals surface area contributed by atoms with Crippen LogP contribution in [0, 0.1) is 5.82 Å². The largest absolute Gasteiger partial charge is 0.464 e. The zero-order valence-electron chi connectivity index (χ0n) is 14.0. The van der Waals surface area contributed by atoms with E-state index in [-0.39, 0.29) is 42.5 Å². The SMILES string of the molecule is O=C(CCCl)N(Cc1ccc(F)cc1)Cc1coc2ccccc2c1=O. The van der Waals surface area contributed by atoms with E-state index in [1.165, 1.54) is 23.3 Å². The van der Waals surface area contributed by atoms with Crippen LogP contribution < -0.4 is 5.43 Å². The number of alkyl halides is 1. The maximum atomic E-state index is 13.1. The van der Waals surface area contributed by atoms with E-state index < -0.39 is 0 Å². The van der Waals surface area contributed by atoms with Crippen molar-refractivity contribution in [2.24, 2.45) is 0 Å². The second-order valence-electron chi connectivity index (χ2n) is 5.90. The van der Waals surface area contributed by atoms with Gasteiger partial charge in [-0.15, -0.1) is 11.6 Å². The Morgan fingerprint density at radius 2 is 1.81 bits per heavy atom. The molecule has 26 heavy (non-hydrogen) atoms. The maximum Gasteiger partial charge on any atom is 0.224 e. The van der Waals surface area contributed by atoms with Crippen molar-refractivity contribution in [3.8, 4) is 0 Å². The number of amides is 1. The zero-order valence-corrected chi connectivity index (χ0v) is 14.7. The van der Waals surface area contributed by atoms with Gasteiger partial charge in [0.05, 0.1) is 23.8 Å². The van der Waals surface area contributed by atoms with E-state index in [0.29, 0.717) is 16.5 Å². The number of hydrogen-bond acceptors (Lipinski definition) is 3. The summed E-state index contributed by atoms with van der Waals surface area (Å²) in [7, 11) is 0. The highest BCUT2D eigenvalue weighted by molar-refractivity contribution is 6.18. The van der Waals surface area contributed by atoms with Crippen LogP contribution in [0.1, 0.15) is 17.5 Å². The number of para-hydroxylation sites is 1. The molecule has 0 unspecified atom stereocenters. The molecule has 0 aliphatic rings. The van der Waals surface area contributed by atoms with Crippen LogP contribution in [-0.4, -0.2) is 16.7 Å². The summed E-state index contributed by atoms with van der Waals surface area (Å²) >= 11 is 5.70.